The summed E-state index contributed by atoms with van der Waals surface area (Å²) >= 11 is -4.76. The zero-order valence-electron chi connectivity index (χ0n) is 25.0. The van der Waals surface area contributed by atoms with Crippen LogP contribution in [0, 0.1) is 0 Å². The number of halogens is 2. The van der Waals surface area contributed by atoms with Crippen molar-refractivity contribution in [1.82, 2.24) is 0 Å². The summed E-state index contributed by atoms with van der Waals surface area (Å²) in [6, 6.07) is 29.7. The fraction of sp³-hybridized carbons (Fsp3) is 0.222. The molecule has 0 aromatic heterocycles. The Morgan fingerprint density at radius 3 is 1.33 bits per heavy atom. The molecule has 0 saturated heterocycles. The molecule has 6 rings (SSSR count). The number of hydrogen-bond donors (Lipinski definition) is 0. The first kappa shape index (κ1) is 29.7. The minimum atomic E-state index is -4.76. The van der Waals surface area contributed by atoms with Gasteiger partial charge in [-0.25, -0.2) is 0 Å². The third-order valence-electron chi connectivity index (χ3n) is 9.56. The zero-order chi connectivity index (χ0) is 29.8. The Hall–Kier alpha value is -2.36. The van der Waals surface area contributed by atoms with E-state index in [0.29, 0.717) is 0 Å². The second-order valence-corrected chi connectivity index (χ2v) is 54.5. The van der Waals surface area contributed by atoms with Crippen LogP contribution in [0.5, 0.6) is 11.5 Å². The molecule has 215 valence electrons. The molecule has 4 aromatic carbocycles. The molecule has 2 aliphatic rings. The summed E-state index contributed by atoms with van der Waals surface area (Å²) in [5.74, 6) is 0.118. The average Bonchev–Trinajstić information content (AvgIpc) is 3.53. The van der Waals surface area contributed by atoms with Crippen molar-refractivity contribution in [3.63, 3.8) is 0 Å². The van der Waals surface area contributed by atoms with E-state index >= 15 is 0 Å². The molecule has 0 bridgehead atoms. The molecule has 0 fully saturated rings. The quantitative estimate of drug-likeness (QED) is 0.180. The number of rotatable bonds is 7. The zero-order valence-corrected chi connectivity index (χ0v) is 30.2. The molecule has 2 atom stereocenters. The van der Waals surface area contributed by atoms with Gasteiger partial charge in [0.2, 0.25) is 0 Å². The van der Waals surface area contributed by atoms with Crippen molar-refractivity contribution in [2.45, 2.75) is 34.2 Å². The van der Waals surface area contributed by atoms with E-state index in [1.807, 2.05) is 24.3 Å². The van der Waals surface area contributed by atoms with Gasteiger partial charge in [0, 0.05) is 0 Å². The normalized spacial score (nSPS) is 18.5. The van der Waals surface area contributed by atoms with Crippen LogP contribution in [0.4, 0.5) is 0 Å². The van der Waals surface area contributed by atoms with Crippen molar-refractivity contribution in [3.05, 3.63) is 118 Å². The Morgan fingerprint density at radius 2 is 0.952 bits per heavy atom. The molecule has 6 heteroatoms. The second kappa shape index (κ2) is 11.0. The fourth-order valence-corrected chi connectivity index (χ4v) is 40.5. The van der Waals surface area contributed by atoms with E-state index in [9.17, 15) is 0 Å². The summed E-state index contributed by atoms with van der Waals surface area (Å²) in [6.45, 7) is 9.25. The predicted octanol–water partition coefficient (Wildman–Crippen LogP) is 10.6. The number of fused-ring (bicyclic) bond motifs is 2. The van der Waals surface area contributed by atoms with Crippen LogP contribution in [-0.2, 0) is 15.6 Å². The van der Waals surface area contributed by atoms with Gasteiger partial charge in [0.05, 0.1) is 0 Å². The van der Waals surface area contributed by atoms with E-state index in [0.717, 1.165) is 22.6 Å². The van der Waals surface area contributed by atoms with Crippen LogP contribution in [0.15, 0.2) is 96.1 Å². The van der Waals surface area contributed by atoms with Crippen LogP contribution >= 0.6 is 17.0 Å². The van der Waals surface area contributed by atoms with Crippen molar-refractivity contribution in [1.29, 1.82) is 0 Å². The van der Waals surface area contributed by atoms with Crippen molar-refractivity contribution < 1.29 is 25.0 Å². The first-order chi connectivity index (χ1) is 20.1. The monoisotopic (exact) mass is 689 g/mol. The molecule has 42 heavy (non-hydrogen) atoms. The van der Waals surface area contributed by atoms with E-state index in [-0.39, 0.29) is 7.25 Å². The number of ether oxygens (including phenoxy) is 2. The third kappa shape index (κ3) is 4.36. The van der Waals surface area contributed by atoms with Gasteiger partial charge >= 0.3 is 261 Å². The van der Waals surface area contributed by atoms with Crippen LogP contribution in [0.25, 0.3) is 34.4 Å². The number of methoxy groups -OCH3 is 2. The van der Waals surface area contributed by atoms with Gasteiger partial charge in [0.25, 0.3) is 0 Å². The molecule has 0 aliphatic heterocycles. The van der Waals surface area contributed by atoms with Gasteiger partial charge in [-0.3, -0.25) is 0 Å². The molecule has 0 saturated carbocycles. The second-order valence-electron chi connectivity index (χ2n) is 12.0. The Kier molecular flexibility index (Phi) is 7.76. The topological polar surface area (TPSA) is 18.5 Å². The summed E-state index contributed by atoms with van der Waals surface area (Å²) in [4.78, 5) is 0. The van der Waals surface area contributed by atoms with E-state index < -0.39 is 21.5 Å². The molecule has 0 spiro atoms. The first-order valence-electron chi connectivity index (χ1n) is 14.6. The molecule has 4 aromatic rings. The molecule has 2 aliphatic carbocycles. The summed E-state index contributed by atoms with van der Waals surface area (Å²) in [5, 5.41) is 0. The molecule has 0 radical (unpaired) electrons. The van der Waals surface area contributed by atoms with E-state index in [1.165, 1.54) is 44.5 Å². The maximum atomic E-state index is 8.41. The third-order valence-corrected chi connectivity index (χ3v) is 61.8. The van der Waals surface area contributed by atoms with Crippen molar-refractivity contribution in [2.75, 3.05) is 14.2 Å². The first-order valence-corrected chi connectivity index (χ1v) is 30.9. The standard InChI is InChI=1S/2C17H15O.C2H7Si.2ClH.Zr/c2*1-12-10-13-6-5-8-14(16(13)11-12)15-7-3-4-9-17(15)18-2;1-3-2;;;/h2*3-11H,1-2H3;3H,1-2H3;2*1H;/q;;;;;+2/p-2. The summed E-state index contributed by atoms with van der Waals surface area (Å²) in [5.41, 5.74) is 12.1. The van der Waals surface area contributed by atoms with Crippen LogP contribution < -0.4 is 9.47 Å². The maximum absolute atomic E-state index is 8.41. The van der Waals surface area contributed by atoms with Crippen LogP contribution in [0.2, 0.25) is 13.1 Å². The molecule has 2 nitrogen and oxygen atoms in total. The Morgan fingerprint density at radius 1 is 0.571 bits per heavy atom. The van der Waals surface area contributed by atoms with Crippen molar-refractivity contribution in [3.8, 4) is 33.8 Å². The molecule has 0 amide bonds. The summed E-state index contributed by atoms with van der Waals surface area (Å²) in [7, 11) is 20.3. The van der Waals surface area contributed by atoms with Gasteiger partial charge in [0.15, 0.2) is 0 Å². The SMILES string of the molecule is COc1ccccc1-c1cccc2c1C=C(C)[CH]2[Zr]([Cl])([Cl])([CH]1C(C)=Cc2c(-c3ccccc3OC)cccc21)[SiH](C)C. The fourth-order valence-electron chi connectivity index (χ4n) is 7.61. The van der Waals surface area contributed by atoms with Gasteiger partial charge in [-0.2, -0.15) is 0 Å². The molecule has 0 N–H and O–H groups in total. The van der Waals surface area contributed by atoms with E-state index in [4.69, 9.17) is 26.5 Å². The number of benzene rings is 4. The molecule has 2 unspecified atom stereocenters. The predicted molar refractivity (Wildman–Crippen MR) is 180 cm³/mol. The Balaban J connectivity index is 1.56. The molecule has 0 heterocycles. The Bertz CT molecular complexity index is 1650. The molecular formula is C36H37Cl2O2SiZr. The minimum absolute atomic E-state index is 0.0420. The summed E-state index contributed by atoms with van der Waals surface area (Å²) < 4.78 is 11.6. The van der Waals surface area contributed by atoms with Gasteiger partial charge in [-0.15, -0.1) is 0 Å². The van der Waals surface area contributed by atoms with Crippen LogP contribution in [0.3, 0.4) is 0 Å². The number of hydrogen-bond acceptors (Lipinski definition) is 2. The van der Waals surface area contributed by atoms with Crippen molar-refractivity contribution >= 4 is 35.1 Å². The van der Waals surface area contributed by atoms with Crippen molar-refractivity contribution in [2.24, 2.45) is 0 Å². The van der Waals surface area contributed by atoms with Gasteiger partial charge in [0.1, 0.15) is 0 Å². The van der Waals surface area contributed by atoms with Gasteiger partial charge in [-0.05, 0) is 0 Å². The van der Waals surface area contributed by atoms with E-state index in [2.05, 4.69) is 99.8 Å². The van der Waals surface area contributed by atoms with Crippen LogP contribution in [-0.4, -0.2) is 20.1 Å². The van der Waals surface area contributed by atoms with Gasteiger partial charge in [-0.1, -0.05) is 0 Å². The Labute approximate surface area is 258 Å². The number of allylic oxidation sites excluding steroid dienone is 2. The summed E-state index contributed by atoms with van der Waals surface area (Å²) in [6.07, 6.45) is 4.69. The average molecular weight is 692 g/mol. The van der Waals surface area contributed by atoms with Gasteiger partial charge < -0.3 is 0 Å². The van der Waals surface area contributed by atoms with Crippen LogP contribution in [0.1, 0.15) is 43.4 Å². The molecular weight excluding hydrogens is 655 g/mol. The number of para-hydroxylation sites is 2. The van der Waals surface area contributed by atoms with E-state index in [1.54, 1.807) is 14.2 Å².